The molecule has 2 heteroatoms. The highest BCUT2D eigenvalue weighted by atomic mass is 16.4. The van der Waals surface area contributed by atoms with Gasteiger partial charge in [0.1, 0.15) is 0 Å². The Morgan fingerprint density at radius 1 is 1.19 bits per heavy atom. The first-order valence-corrected chi connectivity index (χ1v) is 5.85. The third kappa shape index (κ3) is 8.27. The fourth-order valence-electron chi connectivity index (χ4n) is 1.34. The number of hydrogen-bond acceptors (Lipinski definition) is 2. The van der Waals surface area contributed by atoms with E-state index in [1.807, 2.05) is 0 Å². The summed E-state index contributed by atoms with van der Waals surface area (Å²) in [7, 11) is 0. The summed E-state index contributed by atoms with van der Waals surface area (Å²) in [5, 5.41) is 11.6. The van der Waals surface area contributed by atoms with Crippen molar-refractivity contribution in [1.82, 2.24) is 0 Å². The van der Waals surface area contributed by atoms with E-state index in [9.17, 15) is 0 Å². The van der Waals surface area contributed by atoms with Crippen molar-refractivity contribution >= 4 is 6.21 Å². The lowest BCUT2D eigenvalue weighted by molar-refractivity contribution is 0.313. The number of rotatable bonds is 6. The van der Waals surface area contributed by atoms with Gasteiger partial charge in [0.15, 0.2) is 0 Å². The van der Waals surface area contributed by atoms with Gasteiger partial charge in [0.05, 0.1) is 0 Å². The molecule has 16 heavy (non-hydrogen) atoms. The normalized spacial score (nSPS) is 13.2. The quantitative estimate of drug-likeness (QED) is 0.304. The summed E-state index contributed by atoms with van der Waals surface area (Å²) in [6.07, 6.45) is 9.22. The van der Waals surface area contributed by atoms with Gasteiger partial charge in [0, 0.05) is 11.6 Å². The molecule has 0 radical (unpaired) electrons. The highest BCUT2D eigenvalue weighted by molar-refractivity contribution is 5.64. The van der Waals surface area contributed by atoms with Gasteiger partial charge in [0.25, 0.3) is 0 Å². The zero-order valence-corrected chi connectivity index (χ0v) is 11.2. The minimum atomic E-state index is -0.0630. The van der Waals surface area contributed by atoms with Crippen LogP contribution in [0, 0.1) is 5.41 Å². The number of nitrogens with zero attached hydrogens (tertiary/aromatic N) is 1. The van der Waals surface area contributed by atoms with Crippen molar-refractivity contribution in [2.24, 2.45) is 10.6 Å². The first-order chi connectivity index (χ1) is 7.37. The second-order valence-corrected chi connectivity index (χ2v) is 5.31. The molecule has 0 heterocycles. The monoisotopic (exact) mass is 223 g/mol. The molecule has 1 N–H and O–H groups in total. The van der Waals surface area contributed by atoms with Crippen molar-refractivity contribution in [2.75, 3.05) is 0 Å². The predicted octanol–water partition coefficient (Wildman–Crippen LogP) is 4.56. The van der Waals surface area contributed by atoms with Gasteiger partial charge in [-0.25, -0.2) is 0 Å². The molecule has 2 nitrogen and oxygen atoms in total. The highest BCUT2D eigenvalue weighted by Gasteiger charge is 2.13. The molecule has 0 aromatic heterocycles. The van der Waals surface area contributed by atoms with Crippen LogP contribution >= 0.6 is 0 Å². The smallest absolute Gasteiger partial charge is 0.0495 e. The summed E-state index contributed by atoms with van der Waals surface area (Å²) in [4.78, 5) is 0. The maximum atomic E-state index is 8.51. The van der Waals surface area contributed by atoms with Crippen LogP contribution < -0.4 is 0 Å². The summed E-state index contributed by atoms with van der Waals surface area (Å²) in [5.41, 5.74) is 2.71. The third-order valence-electron chi connectivity index (χ3n) is 2.48. The molecule has 0 spiro atoms. The van der Waals surface area contributed by atoms with E-state index < -0.39 is 0 Å². The first kappa shape index (κ1) is 14.9. The summed E-state index contributed by atoms with van der Waals surface area (Å²) in [5.74, 6) is 0. The van der Waals surface area contributed by atoms with Gasteiger partial charge in [-0.3, -0.25) is 0 Å². The minimum absolute atomic E-state index is 0.0630. The molecule has 0 aliphatic heterocycles. The van der Waals surface area contributed by atoms with Crippen molar-refractivity contribution < 1.29 is 5.21 Å². The Morgan fingerprint density at radius 2 is 1.81 bits per heavy atom. The second-order valence-electron chi connectivity index (χ2n) is 5.31. The van der Waals surface area contributed by atoms with Crippen LogP contribution in [0.3, 0.4) is 0 Å². The van der Waals surface area contributed by atoms with Crippen LogP contribution in [0.15, 0.2) is 28.5 Å². The molecule has 0 aromatic rings. The van der Waals surface area contributed by atoms with Crippen LogP contribution in [0.1, 0.15) is 53.9 Å². The fourth-order valence-corrected chi connectivity index (χ4v) is 1.34. The summed E-state index contributed by atoms with van der Waals surface area (Å²) < 4.78 is 0. The lowest BCUT2D eigenvalue weighted by Crippen LogP contribution is -2.11. The molecular weight excluding hydrogens is 198 g/mol. The molecule has 0 atom stereocenters. The Labute approximate surface area is 99.7 Å². The Bertz CT molecular complexity index is 281. The lowest BCUT2D eigenvalue weighted by Gasteiger charge is -2.16. The van der Waals surface area contributed by atoms with Crippen LogP contribution in [0.25, 0.3) is 0 Å². The molecule has 0 unspecified atom stereocenters. The van der Waals surface area contributed by atoms with E-state index in [-0.39, 0.29) is 5.41 Å². The third-order valence-corrected chi connectivity index (χ3v) is 2.48. The van der Waals surface area contributed by atoms with Gasteiger partial charge < -0.3 is 5.21 Å². The lowest BCUT2D eigenvalue weighted by atomic mass is 9.89. The standard InChI is InChI=1S/C14H25NO/c1-12(2)7-6-8-13(3)9-10-14(4,5)11-15-16/h7,9,11,16H,6,8,10H2,1-5H3/b13-9-,15-11+. The SMILES string of the molecule is CC(C)=CCC/C(C)=C\CC(C)(C)/C=N/O. The minimum Gasteiger partial charge on any atom is -0.411 e. The van der Waals surface area contributed by atoms with Gasteiger partial charge >= 0.3 is 0 Å². The van der Waals surface area contributed by atoms with Crippen LogP contribution in [0.2, 0.25) is 0 Å². The van der Waals surface area contributed by atoms with Crippen LogP contribution in [0.5, 0.6) is 0 Å². The average Bonchev–Trinajstić information content (AvgIpc) is 2.14. The Morgan fingerprint density at radius 3 is 2.31 bits per heavy atom. The molecule has 0 fully saturated rings. The van der Waals surface area contributed by atoms with Crippen molar-refractivity contribution in [3.8, 4) is 0 Å². The van der Waals surface area contributed by atoms with Crippen LogP contribution in [0.4, 0.5) is 0 Å². The Kier molecular flexibility index (Phi) is 6.78. The topological polar surface area (TPSA) is 32.6 Å². The Hall–Kier alpha value is -1.05. The highest BCUT2D eigenvalue weighted by Crippen LogP contribution is 2.20. The fraction of sp³-hybridized carbons (Fsp3) is 0.643. The van der Waals surface area contributed by atoms with E-state index in [2.05, 4.69) is 51.9 Å². The number of hydrogen-bond donors (Lipinski definition) is 1. The van der Waals surface area contributed by atoms with Crippen LogP contribution in [-0.4, -0.2) is 11.4 Å². The van der Waals surface area contributed by atoms with Gasteiger partial charge in [-0.2, -0.15) is 0 Å². The summed E-state index contributed by atoms with van der Waals surface area (Å²) in [6.45, 7) is 10.5. The number of oxime groups is 1. The van der Waals surface area contributed by atoms with Gasteiger partial charge in [0.2, 0.25) is 0 Å². The molecular formula is C14H25NO. The summed E-state index contributed by atoms with van der Waals surface area (Å²) in [6, 6.07) is 0. The Balaban J connectivity index is 4.09. The maximum Gasteiger partial charge on any atom is 0.0495 e. The molecule has 0 rings (SSSR count). The molecule has 0 amide bonds. The molecule has 0 bridgehead atoms. The van der Waals surface area contributed by atoms with Gasteiger partial charge in [-0.05, 0) is 40.0 Å². The van der Waals surface area contributed by atoms with Crippen molar-refractivity contribution in [2.45, 2.75) is 53.9 Å². The van der Waals surface area contributed by atoms with Gasteiger partial charge in [-0.15, -0.1) is 5.16 Å². The zero-order valence-electron chi connectivity index (χ0n) is 11.2. The first-order valence-electron chi connectivity index (χ1n) is 5.85. The predicted molar refractivity (Wildman–Crippen MR) is 71.1 cm³/mol. The van der Waals surface area contributed by atoms with E-state index in [1.54, 1.807) is 6.21 Å². The van der Waals surface area contributed by atoms with E-state index >= 15 is 0 Å². The van der Waals surface area contributed by atoms with E-state index in [4.69, 9.17) is 5.21 Å². The van der Waals surface area contributed by atoms with Crippen LogP contribution in [-0.2, 0) is 0 Å². The summed E-state index contributed by atoms with van der Waals surface area (Å²) >= 11 is 0. The van der Waals surface area contributed by atoms with Gasteiger partial charge in [-0.1, -0.05) is 37.1 Å². The van der Waals surface area contributed by atoms with E-state index in [0.29, 0.717) is 0 Å². The molecule has 92 valence electrons. The second kappa shape index (κ2) is 7.26. The number of allylic oxidation sites excluding steroid dienone is 4. The van der Waals surface area contributed by atoms with E-state index in [1.165, 1.54) is 11.1 Å². The van der Waals surface area contributed by atoms with Crippen molar-refractivity contribution in [3.63, 3.8) is 0 Å². The zero-order chi connectivity index (χ0) is 12.6. The van der Waals surface area contributed by atoms with E-state index in [0.717, 1.165) is 19.3 Å². The van der Waals surface area contributed by atoms with Crippen molar-refractivity contribution in [1.29, 1.82) is 0 Å². The average molecular weight is 223 g/mol. The maximum absolute atomic E-state index is 8.51. The molecule has 0 saturated heterocycles. The molecule has 0 aliphatic carbocycles. The van der Waals surface area contributed by atoms with Crippen molar-refractivity contribution in [3.05, 3.63) is 23.3 Å². The molecule has 0 aliphatic rings. The molecule has 0 saturated carbocycles. The largest absolute Gasteiger partial charge is 0.411 e. The molecule has 0 aromatic carbocycles.